The highest BCUT2D eigenvalue weighted by atomic mass is 16.1. The molecule has 0 heterocycles. The van der Waals surface area contributed by atoms with Crippen LogP contribution in [0, 0.1) is 5.92 Å². The zero-order valence-corrected chi connectivity index (χ0v) is 13.5. The van der Waals surface area contributed by atoms with E-state index in [0.29, 0.717) is 11.5 Å². The number of hydrogen-bond acceptors (Lipinski definition) is 1. The molecule has 0 saturated heterocycles. The summed E-state index contributed by atoms with van der Waals surface area (Å²) >= 11 is 0. The van der Waals surface area contributed by atoms with Gasteiger partial charge in [0.2, 0.25) is 5.91 Å². The first-order chi connectivity index (χ1) is 10.1. The second-order valence-electron chi connectivity index (χ2n) is 5.80. The Hall–Kier alpha value is -1.57. The zero-order chi connectivity index (χ0) is 15.7. The van der Waals surface area contributed by atoms with E-state index in [1.165, 1.54) is 24.8 Å². The Morgan fingerprint density at radius 2 is 1.76 bits per heavy atom. The first-order valence-electron chi connectivity index (χ1n) is 8.15. The molecule has 2 N–H and O–H groups in total. The van der Waals surface area contributed by atoms with Crippen molar-refractivity contribution in [3.8, 4) is 0 Å². The first-order valence-corrected chi connectivity index (χ1v) is 8.15. The van der Waals surface area contributed by atoms with Crippen molar-refractivity contribution in [1.82, 2.24) is 0 Å². The smallest absolute Gasteiger partial charge is 0.244 e. The molecule has 0 aromatic heterocycles. The van der Waals surface area contributed by atoms with E-state index in [9.17, 15) is 4.79 Å². The average Bonchev–Trinajstić information content (AvgIpc) is 2.50. The summed E-state index contributed by atoms with van der Waals surface area (Å²) in [5.74, 6) is 0.148. The number of amides is 1. The second kappa shape index (κ2) is 9.38. The van der Waals surface area contributed by atoms with E-state index < -0.39 is 0 Å². The Morgan fingerprint density at radius 3 is 2.29 bits per heavy atom. The lowest BCUT2D eigenvalue weighted by Crippen LogP contribution is -2.24. The predicted molar refractivity (Wildman–Crippen MR) is 90.1 cm³/mol. The monoisotopic (exact) mass is 287 g/mol. The predicted octanol–water partition coefficient (Wildman–Crippen LogP) is 4.81. The van der Waals surface area contributed by atoms with Crippen LogP contribution in [-0.4, -0.2) is 5.91 Å². The second-order valence-corrected chi connectivity index (χ2v) is 5.80. The fraction of sp³-hybridized carbons (Fsp3) is 0.526. The number of nitrogens with two attached hydrogens (primary N) is 1. The van der Waals surface area contributed by atoms with Crippen molar-refractivity contribution in [2.45, 2.75) is 58.3 Å². The van der Waals surface area contributed by atoms with E-state index >= 15 is 0 Å². The Labute approximate surface area is 129 Å². The van der Waals surface area contributed by atoms with Crippen LogP contribution in [0.4, 0.5) is 0 Å². The molecule has 0 spiro atoms. The summed E-state index contributed by atoms with van der Waals surface area (Å²) in [5.41, 5.74) is 7.39. The molecule has 0 fully saturated rings. The molecular weight excluding hydrogens is 258 g/mol. The number of unbranched alkanes of at least 4 members (excludes halogenated alkanes) is 2. The highest BCUT2D eigenvalue weighted by Gasteiger charge is 2.26. The number of benzene rings is 1. The molecule has 116 valence electrons. The summed E-state index contributed by atoms with van der Waals surface area (Å²) in [6, 6.07) is 10.5. The quantitative estimate of drug-likeness (QED) is 0.487. The average molecular weight is 287 g/mol. The topological polar surface area (TPSA) is 43.1 Å². The van der Waals surface area contributed by atoms with Crippen molar-refractivity contribution >= 4 is 5.91 Å². The van der Waals surface area contributed by atoms with Gasteiger partial charge in [-0.25, -0.2) is 0 Å². The molecule has 1 rings (SSSR count). The first kappa shape index (κ1) is 17.5. The molecule has 2 atom stereocenters. The van der Waals surface area contributed by atoms with Crippen molar-refractivity contribution in [1.29, 1.82) is 0 Å². The van der Waals surface area contributed by atoms with Crippen LogP contribution in [0.1, 0.15) is 63.9 Å². The van der Waals surface area contributed by atoms with Gasteiger partial charge in [-0.3, -0.25) is 4.79 Å². The van der Waals surface area contributed by atoms with E-state index in [2.05, 4.69) is 44.7 Å². The van der Waals surface area contributed by atoms with Crippen molar-refractivity contribution in [2.24, 2.45) is 11.7 Å². The number of hydrogen-bond donors (Lipinski definition) is 1. The number of rotatable bonds is 10. The summed E-state index contributed by atoms with van der Waals surface area (Å²) in [6.07, 6.45) is 6.71. The van der Waals surface area contributed by atoms with Crippen LogP contribution in [0.15, 0.2) is 42.5 Å². The maximum absolute atomic E-state index is 11.6. The van der Waals surface area contributed by atoms with Gasteiger partial charge in [0.15, 0.2) is 0 Å². The molecule has 1 aromatic carbocycles. The Kier molecular flexibility index (Phi) is 7.81. The lowest BCUT2D eigenvalue weighted by atomic mass is 9.76. The van der Waals surface area contributed by atoms with E-state index in [0.717, 1.165) is 19.3 Å². The molecule has 2 nitrogen and oxygen atoms in total. The summed E-state index contributed by atoms with van der Waals surface area (Å²) in [7, 11) is 0. The Balaban J connectivity index is 3.00. The van der Waals surface area contributed by atoms with Gasteiger partial charge in [0.05, 0.1) is 0 Å². The van der Waals surface area contributed by atoms with Crippen LogP contribution in [0.3, 0.4) is 0 Å². The number of primary amides is 1. The lowest BCUT2D eigenvalue weighted by molar-refractivity contribution is -0.115. The van der Waals surface area contributed by atoms with E-state index in [4.69, 9.17) is 5.73 Å². The Morgan fingerprint density at radius 1 is 1.10 bits per heavy atom. The third kappa shape index (κ3) is 5.37. The molecule has 1 aromatic rings. The van der Waals surface area contributed by atoms with Crippen molar-refractivity contribution < 1.29 is 4.79 Å². The minimum atomic E-state index is -0.357. The van der Waals surface area contributed by atoms with Crippen LogP contribution in [0.5, 0.6) is 0 Å². The lowest BCUT2D eigenvalue weighted by Gasteiger charge is -2.28. The molecule has 0 aliphatic heterocycles. The van der Waals surface area contributed by atoms with E-state index in [-0.39, 0.29) is 11.8 Å². The van der Waals surface area contributed by atoms with Gasteiger partial charge >= 0.3 is 0 Å². The minimum absolute atomic E-state index is 0.159. The van der Waals surface area contributed by atoms with Crippen LogP contribution >= 0.6 is 0 Å². The molecule has 0 radical (unpaired) electrons. The highest BCUT2D eigenvalue weighted by Crippen LogP contribution is 2.36. The molecule has 0 aliphatic rings. The fourth-order valence-corrected chi connectivity index (χ4v) is 3.03. The normalized spacial score (nSPS) is 13.6. The fourth-order valence-electron chi connectivity index (χ4n) is 3.03. The van der Waals surface area contributed by atoms with Crippen LogP contribution in [-0.2, 0) is 4.79 Å². The van der Waals surface area contributed by atoms with Gasteiger partial charge in [-0.1, -0.05) is 76.4 Å². The largest absolute Gasteiger partial charge is 0.366 e. The highest BCUT2D eigenvalue weighted by molar-refractivity contribution is 5.91. The summed E-state index contributed by atoms with van der Waals surface area (Å²) in [4.78, 5) is 11.6. The van der Waals surface area contributed by atoms with Gasteiger partial charge in [-0.05, 0) is 30.2 Å². The van der Waals surface area contributed by atoms with Crippen molar-refractivity contribution in [3.63, 3.8) is 0 Å². The maximum Gasteiger partial charge on any atom is 0.244 e. The zero-order valence-electron chi connectivity index (χ0n) is 13.5. The van der Waals surface area contributed by atoms with Crippen LogP contribution in [0.25, 0.3) is 0 Å². The molecule has 21 heavy (non-hydrogen) atoms. The standard InChI is InChI=1S/C19H29NO/c1-4-6-8-14-18(16-12-9-7-10-13-16)17(11-5-2)15(3)19(20)21/h7,9-10,12-13,17-18H,3-6,8,11,14H2,1-2H3,(H2,20,21). The number of carbonyl (C=O) groups excluding carboxylic acids is 1. The number of carbonyl (C=O) groups is 1. The third-order valence-electron chi connectivity index (χ3n) is 4.20. The van der Waals surface area contributed by atoms with Gasteiger partial charge in [-0.15, -0.1) is 0 Å². The minimum Gasteiger partial charge on any atom is -0.366 e. The molecule has 1 amide bonds. The summed E-state index contributed by atoms with van der Waals surface area (Å²) in [5, 5.41) is 0. The molecule has 0 saturated carbocycles. The molecule has 2 heteroatoms. The van der Waals surface area contributed by atoms with Gasteiger partial charge in [0.1, 0.15) is 0 Å². The van der Waals surface area contributed by atoms with Crippen molar-refractivity contribution in [2.75, 3.05) is 0 Å². The van der Waals surface area contributed by atoms with Gasteiger partial charge in [0.25, 0.3) is 0 Å². The maximum atomic E-state index is 11.6. The third-order valence-corrected chi connectivity index (χ3v) is 4.20. The van der Waals surface area contributed by atoms with Gasteiger partial charge in [-0.2, -0.15) is 0 Å². The van der Waals surface area contributed by atoms with Gasteiger partial charge in [0, 0.05) is 5.57 Å². The summed E-state index contributed by atoms with van der Waals surface area (Å²) in [6.45, 7) is 8.33. The molecule has 0 bridgehead atoms. The summed E-state index contributed by atoms with van der Waals surface area (Å²) < 4.78 is 0. The molecule has 2 unspecified atom stereocenters. The Bertz CT molecular complexity index is 438. The molecule has 0 aliphatic carbocycles. The van der Waals surface area contributed by atoms with Gasteiger partial charge < -0.3 is 5.73 Å². The van der Waals surface area contributed by atoms with Crippen LogP contribution < -0.4 is 5.73 Å². The molecular formula is C19H29NO. The van der Waals surface area contributed by atoms with E-state index in [1.54, 1.807) is 0 Å². The van der Waals surface area contributed by atoms with Crippen LogP contribution in [0.2, 0.25) is 0 Å². The van der Waals surface area contributed by atoms with Crippen molar-refractivity contribution in [3.05, 3.63) is 48.0 Å². The SMILES string of the molecule is C=C(C(N)=O)C(CCC)C(CCCCC)c1ccccc1. The van der Waals surface area contributed by atoms with E-state index in [1.807, 2.05) is 6.07 Å².